The topological polar surface area (TPSA) is 77.0 Å². The maximum absolute atomic E-state index is 13.7. The highest BCUT2D eigenvalue weighted by atomic mass is 35.5. The Labute approximate surface area is 172 Å². The van der Waals surface area contributed by atoms with Gasteiger partial charge >= 0.3 is 0 Å². The highest BCUT2D eigenvalue weighted by Crippen LogP contribution is 2.37. The summed E-state index contributed by atoms with van der Waals surface area (Å²) in [6.45, 7) is 7.45. The zero-order valence-corrected chi connectivity index (χ0v) is 16.9. The molecule has 1 aliphatic rings. The van der Waals surface area contributed by atoms with Crippen molar-refractivity contribution < 1.29 is 17.5 Å². The van der Waals surface area contributed by atoms with Gasteiger partial charge in [0, 0.05) is 36.1 Å². The number of rotatable bonds is 6. The van der Waals surface area contributed by atoms with E-state index in [9.17, 15) is 12.8 Å². The molecular weight excluding hydrogens is 428 g/mol. The van der Waals surface area contributed by atoms with E-state index < -0.39 is 21.3 Å². The van der Waals surface area contributed by atoms with Gasteiger partial charge in [-0.15, -0.1) is 0 Å². The molecule has 0 radical (unpaired) electrons. The van der Waals surface area contributed by atoms with Crippen LogP contribution >= 0.6 is 23.2 Å². The molecule has 1 aliphatic heterocycles. The Bertz CT molecular complexity index is 1050. The van der Waals surface area contributed by atoms with Crippen molar-refractivity contribution in [1.29, 1.82) is 0 Å². The number of sulfonamides is 1. The van der Waals surface area contributed by atoms with E-state index in [0.717, 1.165) is 6.07 Å². The minimum Gasteiger partial charge on any atom is -0.493 e. The van der Waals surface area contributed by atoms with Crippen LogP contribution in [0, 0.1) is 17.8 Å². The van der Waals surface area contributed by atoms with Crippen LogP contribution in [-0.4, -0.2) is 39.0 Å². The van der Waals surface area contributed by atoms with Crippen LogP contribution in [-0.2, 0) is 10.0 Å². The Balaban J connectivity index is 1.69. The number of ether oxygens (including phenoxy) is 1. The minimum atomic E-state index is -3.79. The molecule has 0 aliphatic carbocycles. The first-order chi connectivity index (χ1) is 13.2. The molecule has 1 saturated heterocycles. The van der Waals surface area contributed by atoms with Crippen LogP contribution in [0.2, 0.25) is 10.0 Å². The van der Waals surface area contributed by atoms with Gasteiger partial charge in [0.2, 0.25) is 15.7 Å². The Hall–Kier alpha value is -1.89. The van der Waals surface area contributed by atoms with Crippen molar-refractivity contribution in [3.63, 3.8) is 0 Å². The molecule has 0 aromatic heterocycles. The molecular formula is C18H16Cl2FN3O3S. The predicted molar refractivity (Wildman–Crippen MR) is 105 cm³/mol. The first kappa shape index (κ1) is 20.8. The molecule has 3 rings (SSSR count). The summed E-state index contributed by atoms with van der Waals surface area (Å²) in [6.07, 6.45) is 0. The van der Waals surface area contributed by atoms with Crippen LogP contribution in [0.1, 0.15) is 0 Å². The normalized spacial score (nSPS) is 16.2. The Morgan fingerprint density at radius 1 is 1.25 bits per heavy atom. The van der Waals surface area contributed by atoms with Crippen molar-refractivity contribution in [3.05, 3.63) is 63.7 Å². The molecule has 28 heavy (non-hydrogen) atoms. The maximum Gasteiger partial charge on any atom is 0.244 e. The molecule has 0 atom stereocenters. The Morgan fingerprint density at radius 2 is 1.96 bits per heavy atom. The van der Waals surface area contributed by atoms with Gasteiger partial charge in [0.05, 0.1) is 18.2 Å². The summed E-state index contributed by atoms with van der Waals surface area (Å²) in [5.74, 6) is -0.427. The quantitative estimate of drug-likeness (QED) is 0.690. The van der Waals surface area contributed by atoms with Gasteiger partial charge < -0.3 is 10.5 Å². The third-order valence-electron chi connectivity index (χ3n) is 4.55. The van der Waals surface area contributed by atoms with Crippen molar-refractivity contribution in [3.8, 4) is 5.75 Å². The number of benzene rings is 2. The number of hydrogen-bond donors (Lipinski definition) is 1. The van der Waals surface area contributed by atoms with Crippen LogP contribution < -0.4 is 10.5 Å². The maximum atomic E-state index is 13.7. The molecule has 0 amide bonds. The second-order valence-corrected chi connectivity index (χ2v) is 9.32. The van der Waals surface area contributed by atoms with E-state index in [2.05, 4.69) is 4.85 Å². The summed E-state index contributed by atoms with van der Waals surface area (Å²) >= 11 is 11.9. The van der Waals surface area contributed by atoms with Gasteiger partial charge in [0.1, 0.15) is 16.5 Å². The summed E-state index contributed by atoms with van der Waals surface area (Å²) < 4.78 is 46.1. The first-order valence-corrected chi connectivity index (χ1v) is 10.4. The molecule has 1 fully saturated rings. The van der Waals surface area contributed by atoms with Crippen molar-refractivity contribution in [2.75, 3.05) is 26.2 Å². The summed E-state index contributed by atoms with van der Waals surface area (Å²) in [5.41, 5.74) is 5.15. The molecule has 2 aromatic rings. The largest absolute Gasteiger partial charge is 0.493 e. The lowest BCUT2D eigenvalue weighted by Crippen LogP contribution is -2.63. The van der Waals surface area contributed by atoms with Crippen LogP contribution in [0.3, 0.4) is 0 Å². The molecule has 10 heteroatoms. The molecule has 148 valence electrons. The second-order valence-electron chi connectivity index (χ2n) is 6.57. The summed E-state index contributed by atoms with van der Waals surface area (Å²) in [4.78, 5) is 3.02. The van der Waals surface area contributed by atoms with Crippen LogP contribution in [0.25, 0.3) is 4.85 Å². The van der Waals surface area contributed by atoms with Gasteiger partial charge in [-0.25, -0.2) is 17.7 Å². The van der Waals surface area contributed by atoms with Crippen LogP contribution in [0.15, 0.2) is 41.3 Å². The Morgan fingerprint density at radius 3 is 2.54 bits per heavy atom. The minimum absolute atomic E-state index is 0.0260. The molecule has 2 N–H and O–H groups in total. The molecule has 2 aromatic carbocycles. The van der Waals surface area contributed by atoms with Crippen LogP contribution in [0.5, 0.6) is 5.75 Å². The lowest BCUT2D eigenvalue weighted by Gasteiger charge is -2.48. The van der Waals surface area contributed by atoms with Crippen molar-refractivity contribution in [1.82, 2.24) is 4.31 Å². The summed E-state index contributed by atoms with van der Waals surface area (Å²) in [5, 5.41) is 0.387. The standard InChI is InChI=1S/C18H16Cl2FN3O3S/c1-23-16-4-3-13(7-15(16)21)27-11-18(8-22)9-24(10-18)28(25,26)17-5-2-12(19)6-14(17)20/h2-7H,8-11,22H2. The van der Waals surface area contributed by atoms with Gasteiger partial charge in [-0.3, -0.25) is 0 Å². The van der Waals surface area contributed by atoms with E-state index in [1.165, 1.54) is 34.6 Å². The van der Waals surface area contributed by atoms with Crippen molar-refractivity contribution in [2.45, 2.75) is 4.90 Å². The van der Waals surface area contributed by atoms with E-state index in [-0.39, 0.29) is 47.6 Å². The van der Waals surface area contributed by atoms with Crippen molar-refractivity contribution >= 4 is 38.9 Å². The van der Waals surface area contributed by atoms with Gasteiger partial charge in [-0.05, 0) is 30.3 Å². The number of nitrogens with zero attached hydrogens (tertiary/aromatic N) is 2. The molecule has 0 unspecified atom stereocenters. The molecule has 0 spiro atoms. The van der Waals surface area contributed by atoms with E-state index in [4.69, 9.17) is 40.2 Å². The fourth-order valence-corrected chi connectivity index (χ4v) is 5.29. The molecule has 6 nitrogen and oxygen atoms in total. The number of hydrogen-bond acceptors (Lipinski definition) is 4. The number of halogens is 3. The molecule has 0 bridgehead atoms. The van der Waals surface area contributed by atoms with Gasteiger partial charge in [-0.2, -0.15) is 4.31 Å². The summed E-state index contributed by atoms with van der Waals surface area (Å²) in [6, 6.07) is 8.13. The highest BCUT2D eigenvalue weighted by Gasteiger charge is 2.48. The second kappa shape index (κ2) is 7.85. The van der Waals surface area contributed by atoms with Gasteiger partial charge in [-0.1, -0.05) is 23.2 Å². The van der Waals surface area contributed by atoms with Crippen LogP contribution in [0.4, 0.5) is 10.1 Å². The summed E-state index contributed by atoms with van der Waals surface area (Å²) in [7, 11) is -3.79. The number of nitrogens with two attached hydrogens (primary N) is 1. The highest BCUT2D eigenvalue weighted by molar-refractivity contribution is 7.89. The predicted octanol–water partition coefficient (Wildman–Crippen LogP) is 3.71. The first-order valence-electron chi connectivity index (χ1n) is 8.16. The smallest absolute Gasteiger partial charge is 0.244 e. The third-order valence-corrected chi connectivity index (χ3v) is 7.06. The zero-order valence-electron chi connectivity index (χ0n) is 14.5. The molecule has 1 heterocycles. The van der Waals surface area contributed by atoms with E-state index in [1.807, 2.05) is 0 Å². The monoisotopic (exact) mass is 443 g/mol. The lowest BCUT2D eigenvalue weighted by atomic mass is 9.83. The van der Waals surface area contributed by atoms with E-state index >= 15 is 0 Å². The average molecular weight is 444 g/mol. The molecule has 0 saturated carbocycles. The van der Waals surface area contributed by atoms with Gasteiger partial charge in [0.15, 0.2) is 0 Å². The van der Waals surface area contributed by atoms with Gasteiger partial charge in [0.25, 0.3) is 0 Å². The fraction of sp³-hybridized carbons (Fsp3) is 0.278. The Kier molecular flexibility index (Phi) is 5.84. The zero-order chi connectivity index (χ0) is 20.5. The third kappa shape index (κ3) is 3.95. The fourth-order valence-electron chi connectivity index (χ4n) is 2.88. The average Bonchev–Trinajstić information content (AvgIpc) is 2.60. The SMILES string of the molecule is [C-]#[N+]c1ccc(OCC2(CN)CN(S(=O)(=O)c3ccc(Cl)cc3Cl)C2)cc1F. The van der Waals surface area contributed by atoms with Crippen molar-refractivity contribution in [2.24, 2.45) is 11.1 Å². The van der Waals surface area contributed by atoms with E-state index in [0.29, 0.717) is 5.02 Å². The van der Waals surface area contributed by atoms with E-state index in [1.54, 1.807) is 0 Å². The lowest BCUT2D eigenvalue weighted by molar-refractivity contribution is 0.0269.